The zero-order valence-corrected chi connectivity index (χ0v) is 26.5. The highest BCUT2D eigenvalue weighted by molar-refractivity contribution is 6.24. The number of fused-ring (bicyclic) bond motifs is 3. The Kier molecular flexibility index (Phi) is 10.0. The predicted molar refractivity (Wildman–Crippen MR) is 171 cm³/mol. The number of hydrogen-bond acceptors (Lipinski definition) is 11. The van der Waals surface area contributed by atoms with E-state index in [1.54, 1.807) is 34.3 Å². The van der Waals surface area contributed by atoms with Crippen LogP contribution < -0.4 is 16.0 Å². The fourth-order valence-electron chi connectivity index (χ4n) is 7.18. The topological polar surface area (TPSA) is 197 Å². The van der Waals surface area contributed by atoms with E-state index in [9.17, 15) is 39.9 Å². The lowest BCUT2D eigenvalue weighted by Crippen LogP contribution is -2.65. The van der Waals surface area contributed by atoms with Crippen LogP contribution in [0.3, 0.4) is 0 Å². The summed E-state index contributed by atoms with van der Waals surface area (Å²) >= 11 is 0. The molecule has 8 N–H and O–H groups in total. The van der Waals surface area contributed by atoms with Gasteiger partial charge in [0.05, 0.1) is 23.4 Å². The highest BCUT2D eigenvalue weighted by Gasteiger charge is 2.64. The Labute approximate surface area is 263 Å². The number of nitrogens with one attached hydrogen (secondary N) is 1. The molecular formula is C33H46N4O8. The first-order chi connectivity index (χ1) is 21.2. The van der Waals surface area contributed by atoms with Crippen molar-refractivity contribution in [3.05, 3.63) is 46.8 Å². The molecule has 0 heterocycles. The molecular weight excluding hydrogens is 580 g/mol. The Balaban J connectivity index is 1.72. The number of phenols is 1. The van der Waals surface area contributed by atoms with Crippen LogP contribution in [-0.4, -0.2) is 100 Å². The number of Topliss-reactive ketones (excluding diaryl/α,β-unsaturated/α-hetero) is 2. The van der Waals surface area contributed by atoms with Crippen molar-refractivity contribution in [2.24, 2.45) is 17.6 Å². The molecule has 3 aliphatic rings. The summed E-state index contributed by atoms with van der Waals surface area (Å²) in [4.78, 5) is 42.9. The van der Waals surface area contributed by atoms with Crippen molar-refractivity contribution < 1.29 is 39.9 Å². The number of rotatable bonds is 13. The lowest BCUT2D eigenvalue weighted by atomic mass is 9.57. The van der Waals surface area contributed by atoms with E-state index in [4.69, 9.17) is 5.73 Å². The van der Waals surface area contributed by atoms with Gasteiger partial charge in [-0.25, -0.2) is 0 Å². The number of aromatic hydroxyl groups is 1. The fraction of sp³-hybridized carbons (Fsp3) is 0.545. The molecule has 0 radical (unpaired) electrons. The second-order valence-corrected chi connectivity index (χ2v) is 12.8. The quantitative estimate of drug-likeness (QED) is 0.0734. The number of amides is 1. The van der Waals surface area contributed by atoms with Crippen LogP contribution in [0, 0.1) is 11.8 Å². The van der Waals surface area contributed by atoms with Crippen molar-refractivity contribution in [3.63, 3.8) is 0 Å². The first-order valence-corrected chi connectivity index (χ1v) is 15.4. The average molecular weight is 627 g/mol. The summed E-state index contributed by atoms with van der Waals surface area (Å²) in [5, 5.41) is 59.5. The van der Waals surface area contributed by atoms with E-state index in [0.717, 1.165) is 32.1 Å². The van der Waals surface area contributed by atoms with E-state index in [2.05, 4.69) is 11.9 Å². The second-order valence-electron chi connectivity index (χ2n) is 12.8. The van der Waals surface area contributed by atoms with Crippen molar-refractivity contribution in [1.82, 2.24) is 4.90 Å². The number of carbonyl (C=O) groups excluding carboxylic acids is 3. The van der Waals surface area contributed by atoms with E-state index >= 15 is 0 Å². The number of aliphatic hydroxyl groups excluding tert-OH is 3. The maximum Gasteiger partial charge on any atom is 0.255 e. The van der Waals surface area contributed by atoms with Gasteiger partial charge in [0.2, 0.25) is 5.78 Å². The van der Waals surface area contributed by atoms with E-state index in [0.29, 0.717) is 17.7 Å². The second kappa shape index (κ2) is 13.2. The molecule has 0 spiro atoms. The molecule has 1 unspecified atom stereocenters. The van der Waals surface area contributed by atoms with Gasteiger partial charge < -0.3 is 41.5 Å². The molecule has 246 valence electrons. The zero-order chi connectivity index (χ0) is 33.4. The van der Waals surface area contributed by atoms with Gasteiger partial charge in [0.1, 0.15) is 22.8 Å². The van der Waals surface area contributed by atoms with Crippen LogP contribution in [0.2, 0.25) is 0 Å². The highest BCUT2D eigenvalue weighted by atomic mass is 16.3. The number of primary amides is 1. The zero-order valence-electron chi connectivity index (χ0n) is 26.5. The summed E-state index contributed by atoms with van der Waals surface area (Å²) in [6, 6.07) is 0.574. The van der Waals surface area contributed by atoms with Gasteiger partial charge in [-0.1, -0.05) is 25.3 Å². The number of nitrogens with two attached hydrogens (primary N) is 1. The standard InChI is InChI=1S/C33H46N4O8/c1-6-7-8-9-10-11-12-18(38)16-35-21-15-22(36(2)3)19-13-17-14-20-26(37(4)5)29(41)25(32(34)44)31(43)33(20,45)30(42)23(17)28(40)24(19)27(21)39/h6,15,17-18,20,26,35,38-40,43,45H,1,7-14,16H2,2-5H3,(H2,34,44)/t17-,18?,20+,26-,33+/m0/s1. The van der Waals surface area contributed by atoms with Crippen molar-refractivity contribution in [2.75, 3.05) is 45.0 Å². The molecule has 1 saturated carbocycles. The van der Waals surface area contributed by atoms with Gasteiger partial charge >= 0.3 is 0 Å². The predicted octanol–water partition coefficient (Wildman–Crippen LogP) is 2.33. The van der Waals surface area contributed by atoms with Crippen LogP contribution in [-0.2, 0) is 20.8 Å². The smallest absolute Gasteiger partial charge is 0.255 e. The summed E-state index contributed by atoms with van der Waals surface area (Å²) in [5.41, 5.74) is 3.09. The molecule has 5 atom stereocenters. The largest absolute Gasteiger partial charge is 0.508 e. The number of likely N-dealkylation sites (N-methyl/N-ethyl adjacent to an activating group) is 1. The normalized spacial score (nSPS) is 25.1. The molecule has 45 heavy (non-hydrogen) atoms. The molecule has 3 aliphatic carbocycles. The monoisotopic (exact) mass is 626 g/mol. The summed E-state index contributed by atoms with van der Waals surface area (Å²) < 4.78 is 0. The minimum atomic E-state index is -2.70. The summed E-state index contributed by atoms with van der Waals surface area (Å²) in [6.07, 6.45) is 6.88. The SMILES string of the molecule is C=CCCCCCCC(O)CNc1cc(N(C)C)c2c(c1O)C(O)=C1C(=O)[C@@]3(O)C(O)=C(C(N)=O)C(=O)[C@@H](N(C)C)[C@H]3C[C@@H]1C2. The molecule has 0 bridgehead atoms. The first-order valence-electron chi connectivity index (χ1n) is 15.4. The molecule has 1 aromatic rings. The van der Waals surface area contributed by atoms with E-state index in [1.165, 1.54) is 4.90 Å². The highest BCUT2D eigenvalue weighted by Crippen LogP contribution is 2.54. The summed E-state index contributed by atoms with van der Waals surface area (Å²) in [6.45, 7) is 3.86. The summed E-state index contributed by atoms with van der Waals surface area (Å²) in [5.74, 6) is -6.96. The maximum absolute atomic E-state index is 14.1. The summed E-state index contributed by atoms with van der Waals surface area (Å²) in [7, 11) is 6.72. The fourth-order valence-corrected chi connectivity index (χ4v) is 7.18. The van der Waals surface area contributed by atoms with Crippen LogP contribution in [0.4, 0.5) is 11.4 Å². The third-order valence-electron chi connectivity index (χ3n) is 9.40. The van der Waals surface area contributed by atoms with Gasteiger partial charge in [-0.3, -0.25) is 19.3 Å². The molecule has 1 fully saturated rings. The van der Waals surface area contributed by atoms with Gasteiger partial charge in [-0.05, 0) is 63.7 Å². The molecule has 0 aliphatic heterocycles. The number of ketones is 2. The number of phenolic OH excluding ortho intramolecular Hbond substituents is 1. The number of allylic oxidation sites excluding steroid dienone is 1. The molecule has 1 aromatic carbocycles. The molecule has 12 heteroatoms. The van der Waals surface area contributed by atoms with Gasteiger partial charge in [0.15, 0.2) is 11.4 Å². The lowest BCUT2D eigenvalue weighted by molar-refractivity contribution is -0.153. The Hall–Kier alpha value is -3.87. The Morgan fingerprint density at radius 2 is 1.82 bits per heavy atom. The van der Waals surface area contributed by atoms with E-state index in [1.807, 2.05) is 11.0 Å². The minimum Gasteiger partial charge on any atom is -0.508 e. The first kappa shape index (κ1) is 34.0. The van der Waals surface area contributed by atoms with Crippen molar-refractivity contribution >= 4 is 34.6 Å². The average Bonchev–Trinajstić information content (AvgIpc) is 2.95. The van der Waals surface area contributed by atoms with Gasteiger partial charge in [0.25, 0.3) is 5.91 Å². The third kappa shape index (κ3) is 5.94. The van der Waals surface area contributed by atoms with E-state index < -0.39 is 64.1 Å². The number of unbranched alkanes of at least 4 members (excludes halogenated alkanes) is 4. The van der Waals surface area contributed by atoms with Gasteiger partial charge in [0, 0.05) is 37.8 Å². The number of carbonyl (C=O) groups is 3. The molecule has 0 aromatic heterocycles. The molecule has 1 amide bonds. The Bertz CT molecular complexity index is 1450. The molecule has 4 rings (SSSR count). The van der Waals surface area contributed by atoms with E-state index in [-0.39, 0.29) is 42.0 Å². The number of anilines is 2. The molecule has 12 nitrogen and oxygen atoms in total. The molecule has 0 saturated heterocycles. The minimum absolute atomic E-state index is 0.00306. The van der Waals surface area contributed by atoms with Gasteiger partial charge in [-0.2, -0.15) is 0 Å². The third-order valence-corrected chi connectivity index (χ3v) is 9.40. The number of nitrogens with zero attached hydrogens (tertiary/aromatic N) is 2. The van der Waals surface area contributed by atoms with Crippen molar-refractivity contribution in [3.8, 4) is 5.75 Å². The Morgan fingerprint density at radius 1 is 1.16 bits per heavy atom. The maximum atomic E-state index is 14.1. The number of aliphatic hydroxyl groups is 4. The van der Waals surface area contributed by atoms with Crippen LogP contribution in [0.5, 0.6) is 5.75 Å². The van der Waals surface area contributed by atoms with Crippen molar-refractivity contribution in [2.45, 2.75) is 69.1 Å². The number of hydrogen-bond donors (Lipinski definition) is 7. The number of benzene rings is 1. The van der Waals surface area contributed by atoms with Crippen LogP contribution in [0.1, 0.15) is 56.1 Å². The van der Waals surface area contributed by atoms with Crippen LogP contribution in [0.25, 0.3) is 5.76 Å². The van der Waals surface area contributed by atoms with Crippen LogP contribution in [0.15, 0.2) is 35.6 Å². The lowest BCUT2D eigenvalue weighted by Gasteiger charge is -2.50. The van der Waals surface area contributed by atoms with Gasteiger partial charge in [-0.15, -0.1) is 6.58 Å². The van der Waals surface area contributed by atoms with Crippen LogP contribution >= 0.6 is 0 Å². The van der Waals surface area contributed by atoms with Crippen molar-refractivity contribution in [1.29, 1.82) is 0 Å². The Morgan fingerprint density at radius 3 is 2.42 bits per heavy atom.